The van der Waals surface area contributed by atoms with E-state index in [-0.39, 0.29) is 14.7 Å². The summed E-state index contributed by atoms with van der Waals surface area (Å²) in [6.45, 7) is 6.92. The van der Waals surface area contributed by atoms with Gasteiger partial charge in [-0.2, -0.15) is 0 Å². The monoisotopic (exact) mass is 1050 g/mol. The van der Waals surface area contributed by atoms with Crippen LogP contribution in [0.5, 0.6) is 0 Å². The Hall–Kier alpha value is -1.17. The second-order valence-electron chi connectivity index (χ2n) is 15.0. The van der Waals surface area contributed by atoms with Crippen LogP contribution in [0.4, 0.5) is 0 Å². The quantitative estimate of drug-likeness (QED) is 0.169. The number of rotatable bonds is 6. The molecule has 4 atom stereocenters. The fourth-order valence-corrected chi connectivity index (χ4v) is 573. The van der Waals surface area contributed by atoms with Crippen molar-refractivity contribution in [2.24, 2.45) is 0 Å². The number of halogens is 4. The van der Waals surface area contributed by atoms with Crippen LogP contribution in [0.1, 0.15) is 66.1 Å². The van der Waals surface area contributed by atoms with Gasteiger partial charge >= 0.3 is 288 Å². The van der Waals surface area contributed by atoms with Gasteiger partial charge in [0.2, 0.25) is 0 Å². The minimum atomic E-state index is -7.02. The van der Waals surface area contributed by atoms with Crippen LogP contribution < -0.4 is 0 Å². The Bertz CT molecular complexity index is 2130. The summed E-state index contributed by atoms with van der Waals surface area (Å²) in [4.78, 5) is 0. The number of allylic oxidation sites excluding steroid dienone is 4. The number of fused-ring (bicyclic) bond motifs is 4. The molecule has 0 saturated carbocycles. The molecule has 0 N–H and O–H groups in total. The van der Waals surface area contributed by atoms with Gasteiger partial charge in [-0.3, -0.25) is 0 Å². The van der Waals surface area contributed by atoms with E-state index in [0.717, 1.165) is 33.4 Å². The zero-order chi connectivity index (χ0) is 33.0. The molecule has 0 heterocycles. The second kappa shape index (κ2) is 9.99. The molecule has 4 aromatic rings. The van der Waals surface area contributed by atoms with Crippen molar-refractivity contribution in [3.63, 3.8) is 0 Å². The predicted molar refractivity (Wildman–Crippen MR) is 207 cm³/mol. The molecular weight excluding hydrogens is 1010 g/mol. The number of hydrogen-bond acceptors (Lipinski definition) is 0. The van der Waals surface area contributed by atoms with Crippen LogP contribution in [0.15, 0.2) is 121 Å². The molecule has 0 saturated heterocycles. The molecule has 47 heavy (non-hydrogen) atoms. The van der Waals surface area contributed by atoms with Gasteiger partial charge in [0.05, 0.1) is 0 Å². The third-order valence-corrected chi connectivity index (χ3v) is 566. The molecule has 7 heteroatoms. The minimum absolute atomic E-state index is 0.299. The van der Waals surface area contributed by atoms with Gasteiger partial charge in [0, 0.05) is 0 Å². The zero-order valence-electron chi connectivity index (χ0n) is 26.8. The van der Waals surface area contributed by atoms with E-state index in [0.29, 0.717) is 0 Å². The van der Waals surface area contributed by atoms with E-state index in [4.69, 9.17) is 0 Å². The van der Waals surface area contributed by atoms with Gasteiger partial charge in [-0.15, -0.1) is 0 Å². The van der Waals surface area contributed by atoms with Gasteiger partial charge in [0.1, 0.15) is 0 Å². The van der Waals surface area contributed by atoms with E-state index in [9.17, 15) is 34.3 Å². The number of hydrogen-bond donors (Lipinski definition) is 0. The molecule has 0 spiro atoms. The predicted octanol–water partition coefficient (Wildman–Crippen LogP) is 12.8. The Morgan fingerprint density at radius 1 is 0.468 bits per heavy atom. The molecule has 239 valence electrons. The molecule has 4 aliphatic rings. The second-order valence-corrected chi connectivity index (χ2v) is 257. The van der Waals surface area contributed by atoms with Crippen LogP contribution in [-0.4, -0.2) is 9.74 Å². The number of benzene rings is 4. The Morgan fingerprint density at radius 3 is 1.04 bits per heavy atom. The summed E-state index contributed by atoms with van der Waals surface area (Å²) in [6, 6.07) is 34.5. The molecule has 0 aliphatic heterocycles. The molecule has 0 amide bonds. The first-order valence-electron chi connectivity index (χ1n) is 16.8. The van der Waals surface area contributed by atoms with Gasteiger partial charge in [-0.25, -0.2) is 0 Å². The van der Waals surface area contributed by atoms with Crippen LogP contribution in [0.25, 0.3) is 24.3 Å². The molecule has 4 aromatic carbocycles. The van der Waals surface area contributed by atoms with Gasteiger partial charge in [-0.05, 0) is 0 Å². The normalized spacial score (nSPS) is 25.0. The summed E-state index contributed by atoms with van der Waals surface area (Å²) in [5.74, 6) is -2.32. The average molecular weight is 1050 g/mol. The van der Waals surface area contributed by atoms with Crippen molar-refractivity contribution in [1.29, 1.82) is 0 Å². The molecule has 0 fully saturated rings. The van der Waals surface area contributed by atoms with Gasteiger partial charge in [0.15, 0.2) is 0 Å². The van der Waals surface area contributed by atoms with Crippen molar-refractivity contribution < 1.29 is 18.7 Å². The Morgan fingerprint density at radius 2 is 0.745 bits per heavy atom. The van der Waals surface area contributed by atoms with E-state index in [2.05, 4.69) is 169 Å². The molecule has 4 unspecified atom stereocenters. The third kappa shape index (κ3) is 3.26. The van der Waals surface area contributed by atoms with E-state index in [1.807, 2.05) is 0 Å². The molecule has 0 bridgehead atoms. The molecule has 8 rings (SSSR count). The fraction of sp³-hybridized carbons (Fsp3) is 0.175. The maximum absolute atomic E-state index is 9.72. The van der Waals surface area contributed by atoms with E-state index < -0.39 is 24.7 Å². The summed E-state index contributed by atoms with van der Waals surface area (Å²) in [6.07, 6.45) is 18.2. The summed E-state index contributed by atoms with van der Waals surface area (Å²) in [5, 5.41) is 0. The Balaban J connectivity index is 1.69. The van der Waals surface area contributed by atoms with Crippen molar-refractivity contribution in [2.75, 3.05) is 0 Å². The third-order valence-electron chi connectivity index (χ3n) is 13.8. The Kier molecular flexibility index (Phi) is 7.02. The van der Waals surface area contributed by atoms with Crippen molar-refractivity contribution in [3.05, 3.63) is 166 Å². The van der Waals surface area contributed by atoms with Crippen LogP contribution in [0.3, 0.4) is 0 Å². The van der Waals surface area contributed by atoms with Crippen molar-refractivity contribution >= 4 is 68.4 Å². The maximum atomic E-state index is 9.72. The molecule has 0 aromatic heterocycles. The first kappa shape index (κ1) is 33.0. The fourth-order valence-electron chi connectivity index (χ4n) is 11.5. The molecule has 4 aliphatic carbocycles. The summed E-state index contributed by atoms with van der Waals surface area (Å²) >= 11 is 0. The van der Waals surface area contributed by atoms with Crippen LogP contribution in [-0.2, 0) is 18.7 Å². The van der Waals surface area contributed by atoms with E-state index in [1.54, 1.807) is 0 Å². The van der Waals surface area contributed by atoms with Crippen LogP contribution in [0, 0.1) is 0 Å². The average Bonchev–Trinajstić information content (AvgIpc) is 3.89. The van der Waals surface area contributed by atoms with Crippen LogP contribution in [0.2, 0.25) is 13.1 Å². The van der Waals surface area contributed by atoms with Crippen LogP contribution >= 0.6 is 34.3 Å². The van der Waals surface area contributed by atoms with Crippen molar-refractivity contribution in [3.8, 4) is 0 Å². The molecule has 0 nitrogen and oxygen atoms in total. The standard InChI is InChI=1S/4C9H7.C2H7Si.C2H4.4ClH.2Hf/c4*1-2-5-9-7-3-6-8(9)4-1;1-3-2;1-2;;;;;;/h4*1-7H;3H,1-2H3;1H,2H3;4*1H;;/q;;;;;;;;;;2*+2/p-4. The molecule has 0 radical (unpaired) electrons. The summed E-state index contributed by atoms with van der Waals surface area (Å²) < 4.78 is 1.04. The van der Waals surface area contributed by atoms with Gasteiger partial charge < -0.3 is 0 Å². The SMILES string of the molecule is C[CH]=[Hf]([Cl])([Cl])([CH]1C=Cc2ccccc21)([CH]1C=Cc2ccccc21)[Hf]([Cl])([Cl])([CH]1C=Cc2ccccc21)([CH]1C=Cc2ccccc21)[SiH](C)C. The first-order valence-corrected chi connectivity index (χ1v) is 70.5. The summed E-state index contributed by atoms with van der Waals surface area (Å²) in [7, 11) is 24.7. The van der Waals surface area contributed by atoms with E-state index in [1.165, 1.54) is 11.1 Å². The summed E-state index contributed by atoms with van der Waals surface area (Å²) in [5.41, 5.74) is 9.25. The zero-order valence-corrected chi connectivity index (χ0v) is 38.2. The van der Waals surface area contributed by atoms with Gasteiger partial charge in [0.25, 0.3) is 0 Å². The molecular formula is C40H39Cl4Hf2Si. The van der Waals surface area contributed by atoms with Gasteiger partial charge in [-0.1, -0.05) is 0 Å². The van der Waals surface area contributed by atoms with Crippen molar-refractivity contribution in [2.45, 2.75) is 34.7 Å². The topological polar surface area (TPSA) is 0 Å². The Labute approximate surface area is 284 Å². The first-order chi connectivity index (χ1) is 22.3. The van der Waals surface area contributed by atoms with E-state index >= 15 is 0 Å². The van der Waals surface area contributed by atoms with Crippen molar-refractivity contribution in [1.82, 2.24) is 0 Å².